The lowest BCUT2D eigenvalue weighted by Crippen LogP contribution is -2.38. The minimum Gasteiger partial charge on any atom is -0.466 e. The van der Waals surface area contributed by atoms with Crippen molar-refractivity contribution in [3.05, 3.63) is 58.5 Å². The summed E-state index contributed by atoms with van der Waals surface area (Å²) in [6.07, 6.45) is 2.16. The number of nitrogens with one attached hydrogen (secondary N) is 1. The lowest BCUT2D eigenvalue weighted by Gasteiger charge is -2.31. The van der Waals surface area contributed by atoms with Gasteiger partial charge in [0.05, 0.1) is 11.6 Å². The van der Waals surface area contributed by atoms with E-state index in [2.05, 4.69) is 22.4 Å². The molecule has 1 saturated heterocycles. The van der Waals surface area contributed by atoms with E-state index in [0.717, 1.165) is 44.0 Å². The Balaban J connectivity index is 1.44. The fourth-order valence-electron chi connectivity index (χ4n) is 3.50. The number of aryl methyl sites for hydroxylation is 2. The zero-order valence-corrected chi connectivity index (χ0v) is 15.4. The monoisotopic (exact) mass is 351 g/mol. The number of hydrogen-bond acceptors (Lipinski definition) is 4. The maximum absolute atomic E-state index is 12.3. The summed E-state index contributed by atoms with van der Waals surface area (Å²) in [5, 5.41) is 11.9. The molecular formula is C21H25N3O2. The topological polar surface area (TPSA) is 69.3 Å². The highest BCUT2D eigenvalue weighted by Crippen LogP contribution is 2.21. The Labute approximate surface area is 154 Å². The Hall–Kier alpha value is -2.58. The molecule has 5 nitrogen and oxygen atoms in total. The van der Waals surface area contributed by atoms with Crippen LogP contribution < -0.4 is 5.32 Å². The predicted molar refractivity (Wildman–Crippen MR) is 99.7 cm³/mol. The molecule has 1 amide bonds. The normalized spacial score (nSPS) is 15.6. The van der Waals surface area contributed by atoms with Crippen molar-refractivity contribution in [1.29, 1.82) is 5.26 Å². The summed E-state index contributed by atoms with van der Waals surface area (Å²) in [5.74, 6) is 2.38. The summed E-state index contributed by atoms with van der Waals surface area (Å²) >= 11 is 0. The number of carbonyl (C=O) groups excluding carboxylic acids is 1. The van der Waals surface area contributed by atoms with Gasteiger partial charge in [0.2, 0.25) is 0 Å². The zero-order valence-electron chi connectivity index (χ0n) is 15.4. The number of likely N-dealkylation sites (tertiary alicyclic amines) is 1. The Morgan fingerprint density at radius 1 is 1.31 bits per heavy atom. The van der Waals surface area contributed by atoms with Crippen LogP contribution in [0.3, 0.4) is 0 Å². The first kappa shape index (κ1) is 18.2. The molecule has 136 valence electrons. The summed E-state index contributed by atoms with van der Waals surface area (Å²) in [4.78, 5) is 14.7. The minimum atomic E-state index is -0.103. The third kappa shape index (κ3) is 4.53. The van der Waals surface area contributed by atoms with Gasteiger partial charge >= 0.3 is 0 Å². The molecule has 0 bridgehead atoms. The zero-order chi connectivity index (χ0) is 18.5. The van der Waals surface area contributed by atoms with E-state index in [0.29, 0.717) is 23.6 Å². The summed E-state index contributed by atoms with van der Waals surface area (Å²) in [7, 11) is 0. The van der Waals surface area contributed by atoms with Crippen molar-refractivity contribution in [3.8, 4) is 6.07 Å². The standard InChI is InChI=1S/C21H25N3O2/c1-15-10-20(16(2)26-15)14-24-8-6-17(7-9-24)13-23-21(25)19-5-3-4-18(11-19)12-22/h3-5,10-11,17H,6-9,13-14H2,1-2H3,(H,23,25). The minimum absolute atomic E-state index is 0.103. The average Bonchev–Trinajstić information content (AvgIpc) is 2.97. The van der Waals surface area contributed by atoms with Gasteiger partial charge in [-0.3, -0.25) is 9.69 Å². The van der Waals surface area contributed by atoms with Crippen molar-refractivity contribution in [2.45, 2.75) is 33.2 Å². The molecule has 1 aliphatic rings. The second-order valence-electron chi connectivity index (χ2n) is 7.06. The van der Waals surface area contributed by atoms with E-state index in [1.165, 1.54) is 5.56 Å². The highest BCUT2D eigenvalue weighted by Gasteiger charge is 2.21. The number of hydrogen-bond donors (Lipinski definition) is 1. The molecule has 1 fully saturated rings. The van der Waals surface area contributed by atoms with E-state index in [-0.39, 0.29) is 5.91 Å². The molecule has 0 radical (unpaired) electrons. The molecule has 2 aromatic rings. The Kier molecular flexibility index (Phi) is 5.75. The number of rotatable bonds is 5. The maximum atomic E-state index is 12.3. The highest BCUT2D eigenvalue weighted by atomic mass is 16.3. The van der Waals surface area contributed by atoms with Crippen LogP contribution in [0.15, 0.2) is 34.7 Å². The van der Waals surface area contributed by atoms with Crippen molar-refractivity contribution < 1.29 is 9.21 Å². The number of nitriles is 1. The molecule has 1 aliphatic heterocycles. The number of benzene rings is 1. The molecule has 26 heavy (non-hydrogen) atoms. The molecule has 0 spiro atoms. The van der Waals surface area contributed by atoms with Crippen molar-refractivity contribution in [2.75, 3.05) is 19.6 Å². The van der Waals surface area contributed by atoms with Gasteiger partial charge in [0.25, 0.3) is 5.91 Å². The molecule has 0 aliphatic carbocycles. The van der Waals surface area contributed by atoms with Gasteiger partial charge in [-0.15, -0.1) is 0 Å². The van der Waals surface area contributed by atoms with Crippen LogP contribution in [0.1, 0.15) is 45.8 Å². The number of piperidine rings is 1. The molecule has 1 aromatic heterocycles. The van der Waals surface area contributed by atoms with Crippen LogP contribution in [-0.4, -0.2) is 30.4 Å². The summed E-state index contributed by atoms with van der Waals surface area (Å²) in [6, 6.07) is 11.0. The highest BCUT2D eigenvalue weighted by molar-refractivity contribution is 5.94. The fraction of sp³-hybridized carbons (Fsp3) is 0.429. The first-order valence-electron chi connectivity index (χ1n) is 9.12. The third-order valence-corrected chi connectivity index (χ3v) is 5.05. The third-order valence-electron chi connectivity index (χ3n) is 5.05. The largest absolute Gasteiger partial charge is 0.466 e. The Bertz CT molecular complexity index is 811. The lowest BCUT2D eigenvalue weighted by atomic mass is 9.96. The quantitative estimate of drug-likeness (QED) is 0.896. The van der Waals surface area contributed by atoms with Crippen LogP contribution in [-0.2, 0) is 6.54 Å². The summed E-state index contributed by atoms with van der Waals surface area (Å²) in [5.41, 5.74) is 2.33. The van der Waals surface area contributed by atoms with Crippen LogP contribution in [0.4, 0.5) is 0 Å². The molecule has 1 N–H and O–H groups in total. The number of carbonyl (C=O) groups is 1. The van der Waals surface area contributed by atoms with Gasteiger partial charge in [0.1, 0.15) is 11.5 Å². The molecule has 2 heterocycles. The van der Waals surface area contributed by atoms with Crippen molar-refractivity contribution in [2.24, 2.45) is 5.92 Å². The van der Waals surface area contributed by atoms with Gasteiger partial charge in [-0.2, -0.15) is 5.26 Å². The molecular weight excluding hydrogens is 326 g/mol. The first-order chi connectivity index (χ1) is 12.5. The molecule has 3 rings (SSSR count). The van der Waals surface area contributed by atoms with Crippen LogP contribution >= 0.6 is 0 Å². The van der Waals surface area contributed by atoms with Gasteiger partial charge in [-0.05, 0) is 70.0 Å². The second kappa shape index (κ2) is 8.20. The van der Waals surface area contributed by atoms with Crippen molar-refractivity contribution >= 4 is 5.91 Å². The second-order valence-corrected chi connectivity index (χ2v) is 7.06. The van der Waals surface area contributed by atoms with Crippen molar-refractivity contribution in [1.82, 2.24) is 10.2 Å². The molecule has 5 heteroatoms. The smallest absolute Gasteiger partial charge is 0.251 e. The van der Waals surface area contributed by atoms with E-state index in [4.69, 9.17) is 9.68 Å². The fourth-order valence-corrected chi connectivity index (χ4v) is 3.50. The van der Waals surface area contributed by atoms with Crippen LogP contribution in [0.2, 0.25) is 0 Å². The number of amides is 1. The lowest BCUT2D eigenvalue weighted by molar-refractivity contribution is 0.0935. The van der Waals surface area contributed by atoms with E-state index in [1.807, 2.05) is 13.8 Å². The van der Waals surface area contributed by atoms with Crippen LogP contribution in [0.5, 0.6) is 0 Å². The van der Waals surface area contributed by atoms with Gasteiger partial charge < -0.3 is 9.73 Å². The molecule has 0 atom stereocenters. The summed E-state index contributed by atoms with van der Waals surface area (Å²) in [6.45, 7) is 7.70. The van der Waals surface area contributed by atoms with E-state index < -0.39 is 0 Å². The predicted octanol–water partition coefficient (Wildman–Crippen LogP) is 3.41. The number of furan rings is 1. The summed E-state index contributed by atoms with van der Waals surface area (Å²) < 4.78 is 5.61. The van der Waals surface area contributed by atoms with Crippen LogP contribution in [0, 0.1) is 31.1 Å². The first-order valence-corrected chi connectivity index (χ1v) is 9.12. The van der Waals surface area contributed by atoms with Gasteiger partial charge in [-0.1, -0.05) is 6.07 Å². The van der Waals surface area contributed by atoms with Gasteiger partial charge in [-0.25, -0.2) is 0 Å². The van der Waals surface area contributed by atoms with Gasteiger partial charge in [0.15, 0.2) is 0 Å². The van der Waals surface area contributed by atoms with E-state index >= 15 is 0 Å². The van der Waals surface area contributed by atoms with Gasteiger partial charge in [0, 0.05) is 24.2 Å². The van der Waals surface area contributed by atoms with Crippen LogP contribution in [0.25, 0.3) is 0 Å². The Morgan fingerprint density at radius 3 is 2.73 bits per heavy atom. The molecule has 0 saturated carbocycles. The van der Waals surface area contributed by atoms with E-state index in [1.54, 1.807) is 24.3 Å². The van der Waals surface area contributed by atoms with E-state index in [9.17, 15) is 4.79 Å². The molecule has 1 aromatic carbocycles. The Morgan fingerprint density at radius 2 is 2.08 bits per heavy atom. The molecule has 0 unspecified atom stereocenters. The van der Waals surface area contributed by atoms with Crippen molar-refractivity contribution in [3.63, 3.8) is 0 Å². The SMILES string of the molecule is Cc1cc(CN2CCC(CNC(=O)c3cccc(C#N)c3)CC2)c(C)o1. The maximum Gasteiger partial charge on any atom is 0.251 e. The number of nitrogens with zero attached hydrogens (tertiary/aromatic N) is 2. The average molecular weight is 351 g/mol.